The molecule has 7 heteroatoms. The van der Waals surface area contributed by atoms with Crippen LogP contribution in [0.2, 0.25) is 0 Å². The van der Waals surface area contributed by atoms with Crippen molar-refractivity contribution in [1.82, 2.24) is 20.1 Å². The minimum absolute atomic E-state index is 0.0719. The van der Waals surface area contributed by atoms with Crippen LogP contribution in [0.1, 0.15) is 23.2 Å². The molecule has 3 heterocycles. The lowest BCUT2D eigenvalue weighted by atomic mass is 9.87. The second-order valence-electron chi connectivity index (χ2n) is 5.40. The Morgan fingerprint density at radius 1 is 1.24 bits per heavy atom. The van der Waals surface area contributed by atoms with E-state index in [4.69, 9.17) is 0 Å². The van der Waals surface area contributed by atoms with Gasteiger partial charge in [0.2, 0.25) is 0 Å². The summed E-state index contributed by atoms with van der Waals surface area (Å²) in [5.41, 5.74) is -0.249. The molecule has 1 N–H and O–H groups in total. The van der Waals surface area contributed by atoms with E-state index in [2.05, 4.69) is 10.3 Å². The van der Waals surface area contributed by atoms with E-state index in [0.717, 1.165) is 4.90 Å². The molecule has 0 aliphatic carbocycles. The first-order valence-corrected chi connectivity index (χ1v) is 6.83. The van der Waals surface area contributed by atoms with Crippen LogP contribution in [0, 0.1) is 0 Å². The highest BCUT2D eigenvalue weighted by Crippen LogP contribution is 2.29. The molecular weight excluding hydrogens is 272 g/mol. The van der Waals surface area contributed by atoms with Crippen molar-refractivity contribution in [2.45, 2.75) is 18.4 Å². The molecule has 3 rings (SSSR count). The van der Waals surface area contributed by atoms with Gasteiger partial charge in [0.15, 0.2) is 0 Å². The number of urea groups is 1. The lowest BCUT2D eigenvalue weighted by molar-refractivity contribution is -0.131. The van der Waals surface area contributed by atoms with Crippen LogP contribution in [0.3, 0.4) is 0 Å². The van der Waals surface area contributed by atoms with Gasteiger partial charge in [-0.25, -0.2) is 4.79 Å². The average Bonchev–Trinajstić information content (AvgIpc) is 2.73. The first-order chi connectivity index (χ1) is 10.0. The van der Waals surface area contributed by atoms with Crippen LogP contribution >= 0.6 is 0 Å². The van der Waals surface area contributed by atoms with Crippen molar-refractivity contribution in [1.29, 1.82) is 0 Å². The average molecular weight is 288 g/mol. The number of hydrogen-bond acceptors (Lipinski definition) is 4. The molecule has 0 bridgehead atoms. The molecule has 2 fully saturated rings. The maximum Gasteiger partial charge on any atom is 0.324 e. The summed E-state index contributed by atoms with van der Waals surface area (Å²) >= 11 is 0. The number of nitrogens with one attached hydrogen (secondary N) is 1. The van der Waals surface area contributed by atoms with E-state index in [9.17, 15) is 14.4 Å². The highest BCUT2D eigenvalue weighted by Gasteiger charge is 2.51. The van der Waals surface area contributed by atoms with Crippen molar-refractivity contribution in [3.63, 3.8) is 0 Å². The van der Waals surface area contributed by atoms with Crippen LogP contribution in [-0.2, 0) is 4.79 Å². The first kappa shape index (κ1) is 13.5. The number of pyridine rings is 1. The third kappa shape index (κ3) is 2.14. The third-order valence-corrected chi connectivity index (χ3v) is 4.20. The Bertz CT molecular complexity index is 593. The quantitative estimate of drug-likeness (QED) is 0.750. The maximum absolute atomic E-state index is 12.3. The molecule has 0 radical (unpaired) electrons. The minimum atomic E-state index is -0.832. The number of carbonyl (C=O) groups is 3. The van der Waals surface area contributed by atoms with Gasteiger partial charge in [-0.15, -0.1) is 0 Å². The molecule has 0 saturated carbocycles. The third-order valence-electron chi connectivity index (χ3n) is 4.20. The molecule has 7 nitrogen and oxygen atoms in total. The Morgan fingerprint density at radius 3 is 2.38 bits per heavy atom. The number of hydrogen-bond donors (Lipinski definition) is 1. The summed E-state index contributed by atoms with van der Waals surface area (Å²) in [7, 11) is 1.47. The van der Waals surface area contributed by atoms with E-state index in [1.807, 2.05) is 0 Å². The Kier molecular flexibility index (Phi) is 3.12. The number of piperidine rings is 1. The van der Waals surface area contributed by atoms with E-state index in [0.29, 0.717) is 31.5 Å². The summed E-state index contributed by atoms with van der Waals surface area (Å²) in [6.07, 6.45) is 4.04. The molecule has 110 valence electrons. The normalized spacial score (nSPS) is 20.8. The first-order valence-electron chi connectivity index (χ1n) is 6.83. The van der Waals surface area contributed by atoms with E-state index in [1.54, 1.807) is 29.4 Å². The van der Waals surface area contributed by atoms with Gasteiger partial charge in [0.25, 0.3) is 11.8 Å². The van der Waals surface area contributed by atoms with Gasteiger partial charge in [0.1, 0.15) is 5.54 Å². The molecule has 2 aliphatic rings. The fourth-order valence-corrected chi connectivity index (χ4v) is 2.86. The molecule has 0 aromatic carbocycles. The second-order valence-corrected chi connectivity index (χ2v) is 5.40. The summed E-state index contributed by atoms with van der Waals surface area (Å²) in [5.74, 6) is -0.277. The Balaban J connectivity index is 1.70. The van der Waals surface area contributed by atoms with Crippen molar-refractivity contribution in [2.75, 3.05) is 20.1 Å². The van der Waals surface area contributed by atoms with Crippen molar-refractivity contribution in [3.8, 4) is 0 Å². The number of carbonyl (C=O) groups excluding carboxylic acids is 3. The lowest BCUT2D eigenvalue weighted by Crippen LogP contribution is -2.55. The predicted molar refractivity (Wildman–Crippen MR) is 73.4 cm³/mol. The molecule has 2 saturated heterocycles. The Morgan fingerprint density at radius 2 is 1.86 bits per heavy atom. The van der Waals surface area contributed by atoms with Crippen LogP contribution in [0.25, 0.3) is 0 Å². The number of nitrogens with zero attached hydrogens (tertiary/aromatic N) is 3. The Hall–Kier alpha value is -2.44. The number of likely N-dealkylation sites (N-methyl/N-ethyl adjacent to an activating group) is 1. The molecule has 1 aromatic heterocycles. The van der Waals surface area contributed by atoms with Gasteiger partial charge in [0, 0.05) is 38.1 Å². The SMILES string of the molecule is CN1C(=O)NC2(CCN(C(=O)c3ccncc3)CC2)C1=O. The number of likely N-dealkylation sites (tertiary alicyclic amines) is 1. The molecule has 2 aliphatic heterocycles. The van der Waals surface area contributed by atoms with Crippen LogP contribution in [0.15, 0.2) is 24.5 Å². The van der Waals surface area contributed by atoms with E-state index < -0.39 is 5.54 Å². The zero-order chi connectivity index (χ0) is 15.0. The molecule has 1 aromatic rings. The highest BCUT2D eigenvalue weighted by atomic mass is 16.2. The number of aromatic nitrogens is 1. The summed E-state index contributed by atoms with van der Waals surface area (Å²) in [6.45, 7) is 0.891. The summed E-state index contributed by atoms with van der Waals surface area (Å²) in [4.78, 5) is 42.8. The van der Waals surface area contributed by atoms with Crippen molar-refractivity contribution < 1.29 is 14.4 Å². The van der Waals surface area contributed by atoms with Crippen LogP contribution in [-0.4, -0.2) is 58.3 Å². The summed E-state index contributed by atoms with van der Waals surface area (Å²) in [6, 6.07) is 2.97. The van der Waals surface area contributed by atoms with E-state index in [1.165, 1.54) is 7.05 Å². The monoisotopic (exact) mass is 288 g/mol. The topological polar surface area (TPSA) is 82.6 Å². The fraction of sp³-hybridized carbons (Fsp3) is 0.429. The van der Waals surface area contributed by atoms with Gasteiger partial charge in [-0.05, 0) is 25.0 Å². The number of amides is 4. The Labute approximate surface area is 121 Å². The zero-order valence-corrected chi connectivity index (χ0v) is 11.7. The van der Waals surface area contributed by atoms with Gasteiger partial charge < -0.3 is 10.2 Å². The van der Waals surface area contributed by atoms with Crippen LogP contribution in [0.4, 0.5) is 4.79 Å². The number of rotatable bonds is 1. The predicted octanol–water partition coefficient (Wildman–Crippen LogP) is 0.238. The number of imide groups is 1. The van der Waals surface area contributed by atoms with E-state index >= 15 is 0 Å². The summed E-state index contributed by atoms with van der Waals surface area (Å²) < 4.78 is 0. The van der Waals surface area contributed by atoms with Crippen molar-refractivity contribution in [2.24, 2.45) is 0 Å². The van der Waals surface area contributed by atoms with Crippen molar-refractivity contribution in [3.05, 3.63) is 30.1 Å². The lowest BCUT2D eigenvalue weighted by Gasteiger charge is -2.37. The molecule has 21 heavy (non-hydrogen) atoms. The smallest absolute Gasteiger partial charge is 0.324 e. The second kappa shape index (κ2) is 4.83. The molecular formula is C14H16N4O3. The largest absolute Gasteiger partial charge is 0.338 e. The van der Waals surface area contributed by atoms with Gasteiger partial charge >= 0.3 is 6.03 Å². The van der Waals surface area contributed by atoms with Gasteiger partial charge in [-0.3, -0.25) is 19.5 Å². The molecule has 1 spiro atoms. The van der Waals surface area contributed by atoms with Gasteiger partial charge in [-0.2, -0.15) is 0 Å². The molecule has 0 atom stereocenters. The van der Waals surface area contributed by atoms with Crippen molar-refractivity contribution >= 4 is 17.8 Å². The minimum Gasteiger partial charge on any atom is -0.338 e. The fourth-order valence-electron chi connectivity index (χ4n) is 2.86. The van der Waals surface area contributed by atoms with E-state index in [-0.39, 0.29) is 17.8 Å². The molecule has 4 amide bonds. The molecule has 0 unspecified atom stereocenters. The standard InChI is InChI=1S/C14H16N4O3/c1-17-12(20)14(16-13(17)21)4-8-18(9-5-14)11(19)10-2-6-15-7-3-10/h2-3,6-7H,4-5,8-9H2,1H3,(H,16,21). The zero-order valence-electron chi connectivity index (χ0n) is 11.7. The summed E-state index contributed by atoms with van der Waals surface area (Å²) in [5, 5.41) is 2.76. The van der Waals surface area contributed by atoms with Crippen LogP contribution in [0.5, 0.6) is 0 Å². The van der Waals surface area contributed by atoms with Gasteiger partial charge in [-0.1, -0.05) is 0 Å². The van der Waals surface area contributed by atoms with Gasteiger partial charge in [0.05, 0.1) is 0 Å². The highest BCUT2D eigenvalue weighted by molar-refractivity contribution is 6.07. The maximum atomic E-state index is 12.3. The van der Waals surface area contributed by atoms with Crippen LogP contribution < -0.4 is 5.32 Å².